The Hall–Kier alpha value is -0.200. The molecule has 1 fully saturated rings. The predicted molar refractivity (Wildman–Crippen MR) is 75.9 cm³/mol. The number of alkyl halides is 1. The Morgan fingerprint density at radius 1 is 1.18 bits per heavy atom. The first kappa shape index (κ1) is 13.2. The number of benzene rings is 1. The van der Waals surface area contributed by atoms with Crippen LogP contribution in [0.5, 0.6) is 0 Å². The van der Waals surface area contributed by atoms with Gasteiger partial charge in [0, 0.05) is 10.9 Å². The Morgan fingerprint density at radius 2 is 1.94 bits per heavy atom. The zero-order valence-electron chi connectivity index (χ0n) is 10.2. The molecule has 0 nitrogen and oxygen atoms in total. The van der Waals surface area contributed by atoms with E-state index in [4.69, 9.17) is 23.2 Å². The molecule has 1 aromatic rings. The molecular weight excluding hydrogens is 251 g/mol. The molecule has 0 bridgehead atoms. The summed E-state index contributed by atoms with van der Waals surface area (Å²) in [6.07, 6.45) is 7.97. The van der Waals surface area contributed by atoms with Crippen molar-refractivity contribution in [3.63, 3.8) is 0 Å². The standard InChI is InChI=1S/C15H20Cl2/c16-11-14(13-6-2-1-3-7-13)9-12-5-4-8-15(17)10-12/h4-5,8,10,13-14H,1-3,6-7,9,11H2. The van der Waals surface area contributed by atoms with Crippen molar-refractivity contribution in [1.82, 2.24) is 0 Å². The molecule has 0 saturated heterocycles. The van der Waals surface area contributed by atoms with Gasteiger partial charge in [-0.05, 0) is 36.0 Å². The normalized spacial score (nSPS) is 19.2. The minimum absolute atomic E-state index is 0.621. The summed E-state index contributed by atoms with van der Waals surface area (Å²) in [5.41, 5.74) is 1.33. The van der Waals surface area contributed by atoms with Crippen molar-refractivity contribution in [3.05, 3.63) is 34.9 Å². The zero-order chi connectivity index (χ0) is 12.1. The first-order valence-corrected chi connectivity index (χ1v) is 7.51. The number of halogens is 2. The molecule has 0 N–H and O–H groups in total. The average Bonchev–Trinajstić information content (AvgIpc) is 2.37. The first-order valence-electron chi connectivity index (χ1n) is 6.60. The van der Waals surface area contributed by atoms with Gasteiger partial charge in [0.15, 0.2) is 0 Å². The number of rotatable bonds is 4. The topological polar surface area (TPSA) is 0 Å². The molecule has 1 saturated carbocycles. The van der Waals surface area contributed by atoms with Crippen molar-refractivity contribution in [2.45, 2.75) is 38.5 Å². The highest BCUT2D eigenvalue weighted by Gasteiger charge is 2.23. The van der Waals surface area contributed by atoms with Crippen molar-refractivity contribution < 1.29 is 0 Å². The van der Waals surface area contributed by atoms with Crippen LogP contribution < -0.4 is 0 Å². The molecule has 1 unspecified atom stereocenters. The van der Waals surface area contributed by atoms with Gasteiger partial charge in [-0.3, -0.25) is 0 Å². The maximum absolute atomic E-state index is 6.16. The molecule has 0 radical (unpaired) electrons. The lowest BCUT2D eigenvalue weighted by Crippen LogP contribution is -2.21. The molecule has 17 heavy (non-hydrogen) atoms. The Bertz CT molecular complexity index is 343. The molecule has 1 atom stereocenters. The zero-order valence-corrected chi connectivity index (χ0v) is 11.7. The van der Waals surface area contributed by atoms with Gasteiger partial charge in [0.2, 0.25) is 0 Å². The minimum atomic E-state index is 0.621. The van der Waals surface area contributed by atoms with Crippen LogP contribution in [-0.2, 0) is 6.42 Å². The largest absolute Gasteiger partial charge is 0.126 e. The highest BCUT2D eigenvalue weighted by Crippen LogP contribution is 2.32. The second-order valence-electron chi connectivity index (χ2n) is 5.15. The Labute approximate surface area is 114 Å². The summed E-state index contributed by atoms with van der Waals surface area (Å²) in [6, 6.07) is 8.20. The van der Waals surface area contributed by atoms with Crippen LogP contribution in [0.15, 0.2) is 24.3 Å². The minimum Gasteiger partial charge on any atom is -0.126 e. The number of hydrogen-bond acceptors (Lipinski definition) is 0. The van der Waals surface area contributed by atoms with E-state index in [-0.39, 0.29) is 0 Å². The third kappa shape index (κ3) is 3.89. The van der Waals surface area contributed by atoms with E-state index in [1.807, 2.05) is 12.1 Å². The lowest BCUT2D eigenvalue weighted by Gasteiger charge is -2.29. The maximum atomic E-state index is 6.16. The second kappa shape index (κ2) is 6.66. The van der Waals surface area contributed by atoms with Crippen LogP contribution in [0.2, 0.25) is 5.02 Å². The lowest BCUT2D eigenvalue weighted by atomic mass is 9.78. The van der Waals surface area contributed by atoms with Gasteiger partial charge >= 0.3 is 0 Å². The van der Waals surface area contributed by atoms with Crippen LogP contribution in [0.3, 0.4) is 0 Å². The van der Waals surface area contributed by atoms with Gasteiger partial charge in [-0.15, -0.1) is 11.6 Å². The van der Waals surface area contributed by atoms with Crippen LogP contribution >= 0.6 is 23.2 Å². The summed E-state index contributed by atoms with van der Waals surface area (Å²) in [5.74, 6) is 2.22. The average molecular weight is 271 g/mol. The molecule has 0 heterocycles. The van der Waals surface area contributed by atoms with Crippen LogP contribution in [0, 0.1) is 11.8 Å². The van der Waals surface area contributed by atoms with E-state index in [1.54, 1.807) is 0 Å². The molecular formula is C15H20Cl2. The fraction of sp³-hybridized carbons (Fsp3) is 0.600. The monoisotopic (exact) mass is 270 g/mol. The molecule has 94 valence electrons. The predicted octanol–water partition coefficient (Wildman–Crippen LogP) is 5.32. The van der Waals surface area contributed by atoms with E-state index in [2.05, 4.69) is 12.1 Å². The highest BCUT2D eigenvalue weighted by atomic mass is 35.5. The van der Waals surface area contributed by atoms with Crippen molar-refractivity contribution in [3.8, 4) is 0 Å². The van der Waals surface area contributed by atoms with Crippen molar-refractivity contribution in [2.75, 3.05) is 5.88 Å². The van der Waals surface area contributed by atoms with Crippen molar-refractivity contribution in [2.24, 2.45) is 11.8 Å². The number of hydrogen-bond donors (Lipinski definition) is 0. The molecule has 0 spiro atoms. The van der Waals surface area contributed by atoms with E-state index >= 15 is 0 Å². The second-order valence-corrected chi connectivity index (χ2v) is 5.89. The molecule has 1 aliphatic rings. The summed E-state index contributed by atoms with van der Waals surface area (Å²) >= 11 is 12.2. The van der Waals surface area contributed by atoms with Crippen molar-refractivity contribution >= 4 is 23.2 Å². The molecule has 1 aliphatic carbocycles. The van der Waals surface area contributed by atoms with Crippen LogP contribution in [0.25, 0.3) is 0 Å². The quantitative estimate of drug-likeness (QED) is 0.650. The fourth-order valence-electron chi connectivity index (χ4n) is 2.92. The summed E-state index contributed by atoms with van der Waals surface area (Å²) in [4.78, 5) is 0. The van der Waals surface area contributed by atoms with Gasteiger partial charge in [-0.2, -0.15) is 0 Å². The van der Waals surface area contributed by atoms with E-state index in [0.29, 0.717) is 5.92 Å². The molecule has 1 aromatic carbocycles. The molecule has 2 heteroatoms. The van der Waals surface area contributed by atoms with Gasteiger partial charge in [0.25, 0.3) is 0 Å². The Balaban J connectivity index is 1.98. The van der Waals surface area contributed by atoms with E-state index < -0.39 is 0 Å². The molecule has 0 aliphatic heterocycles. The lowest BCUT2D eigenvalue weighted by molar-refractivity contribution is 0.265. The molecule has 0 aromatic heterocycles. The Kier molecular flexibility index (Phi) is 5.18. The summed E-state index contributed by atoms with van der Waals surface area (Å²) in [5, 5.41) is 0.833. The van der Waals surface area contributed by atoms with Crippen LogP contribution in [-0.4, -0.2) is 5.88 Å². The summed E-state index contributed by atoms with van der Waals surface area (Å²) in [6.45, 7) is 0. The highest BCUT2D eigenvalue weighted by molar-refractivity contribution is 6.30. The van der Waals surface area contributed by atoms with Gasteiger partial charge in [-0.25, -0.2) is 0 Å². The van der Waals surface area contributed by atoms with Crippen molar-refractivity contribution in [1.29, 1.82) is 0 Å². The summed E-state index contributed by atoms with van der Waals surface area (Å²) < 4.78 is 0. The maximum Gasteiger partial charge on any atom is 0.0408 e. The molecule has 2 rings (SSSR count). The van der Waals surface area contributed by atoms with Crippen LogP contribution in [0.4, 0.5) is 0 Å². The van der Waals surface area contributed by atoms with Gasteiger partial charge in [-0.1, -0.05) is 55.8 Å². The van der Waals surface area contributed by atoms with Crippen LogP contribution in [0.1, 0.15) is 37.7 Å². The van der Waals surface area contributed by atoms with Gasteiger partial charge in [0.05, 0.1) is 0 Å². The van der Waals surface area contributed by atoms with Gasteiger partial charge < -0.3 is 0 Å². The first-order chi connectivity index (χ1) is 8.29. The molecule has 0 amide bonds. The SMILES string of the molecule is ClCC(Cc1cccc(Cl)c1)C1CCCCC1. The third-order valence-electron chi connectivity index (χ3n) is 3.90. The van der Waals surface area contributed by atoms with E-state index in [1.165, 1.54) is 37.7 Å². The fourth-order valence-corrected chi connectivity index (χ4v) is 3.49. The van der Waals surface area contributed by atoms with E-state index in [0.717, 1.165) is 23.2 Å². The smallest absolute Gasteiger partial charge is 0.0408 e. The van der Waals surface area contributed by atoms with E-state index in [9.17, 15) is 0 Å². The van der Waals surface area contributed by atoms with Gasteiger partial charge in [0.1, 0.15) is 0 Å². The third-order valence-corrected chi connectivity index (χ3v) is 4.53. The Morgan fingerprint density at radius 3 is 2.59 bits per heavy atom. The summed E-state index contributed by atoms with van der Waals surface area (Å²) in [7, 11) is 0.